The van der Waals surface area contributed by atoms with E-state index in [1.165, 1.54) is 6.26 Å². The van der Waals surface area contributed by atoms with Crippen LogP contribution in [-0.2, 0) is 6.54 Å². The maximum atomic E-state index is 12.8. The molecule has 3 rings (SSSR count). The molecule has 23 heavy (non-hydrogen) atoms. The summed E-state index contributed by atoms with van der Waals surface area (Å²) >= 11 is 0. The van der Waals surface area contributed by atoms with Crippen molar-refractivity contribution in [1.29, 1.82) is 0 Å². The number of hydrogen-bond acceptors (Lipinski definition) is 5. The summed E-state index contributed by atoms with van der Waals surface area (Å²) in [5.41, 5.74) is 2.18. The van der Waals surface area contributed by atoms with Gasteiger partial charge in [0.1, 0.15) is 24.1 Å². The molecule has 2 N–H and O–H groups in total. The van der Waals surface area contributed by atoms with Gasteiger partial charge in [-0.15, -0.1) is 0 Å². The van der Waals surface area contributed by atoms with E-state index in [-0.39, 0.29) is 17.3 Å². The van der Waals surface area contributed by atoms with E-state index in [0.29, 0.717) is 40.2 Å². The molecule has 0 amide bonds. The smallest absolute Gasteiger partial charge is 0.234 e. The number of phenols is 1. The molecule has 6 nitrogen and oxygen atoms in total. The number of fused-ring (bicyclic) bond motifs is 1. The normalized spacial score (nSPS) is 11.5. The minimum atomic E-state index is -0.289. The zero-order chi connectivity index (χ0) is 16.7. The maximum absolute atomic E-state index is 12.8. The highest BCUT2D eigenvalue weighted by atomic mass is 16.4. The van der Waals surface area contributed by atoms with Gasteiger partial charge >= 0.3 is 0 Å². The molecule has 0 saturated carbocycles. The lowest BCUT2D eigenvalue weighted by Gasteiger charge is -2.10. The highest BCUT2D eigenvalue weighted by Crippen LogP contribution is 2.32. The van der Waals surface area contributed by atoms with Gasteiger partial charge in [-0.3, -0.25) is 4.79 Å². The third kappa shape index (κ3) is 2.61. The third-order valence-electron chi connectivity index (χ3n) is 3.71. The Balaban J connectivity index is 2.20. The average Bonchev–Trinajstić information content (AvgIpc) is 3.04. The van der Waals surface area contributed by atoms with E-state index in [1.54, 1.807) is 26.0 Å². The Hall–Kier alpha value is -2.60. The number of aromatic nitrogens is 1. The van der Waals surface area contributed by atoms with Crippen LogP contribution in [0.4, 0.5) is 0 Å². The Bertz CT molecular complexity index is 890. The molecule has 120 valence electrons. The van der Waals surface area contributed by atoms with Gasteiger partial charge in [-0.1, -0.05) is 0 Å². The number of phenolic OH excluding ortho intramolecular Hbond substituents is 1. The van der Waals surface area contributed by atoms with Crippen molar-refractivity contribution in [2.45, 2.75) is 20.4 Å². The Morgan fingerprint density at radius 1 is 1.30 bits per heavy atom. The highest BCUT2D eigenvalue weighted by Gasteiger charge is 2.25. The molecular weight excluding hydrogens is 296 g/mol. The first-order valence-corrected chi connectivity index (χ1v) is 7.38. The van der Waals surface area contributed by atoms with Gasteiger partial charge in [-0.25, -0.2) is 4.98 Å². The Morgan fingerprint density at radius 2 is 2.04 bits per heavy atom. The number of nitrogens with zero attached hydrogens (tertiary/aromatic N) is 1. The van der Waals surface area contributed by atoms with Gasteiger partial charge in [-0.05, 0) is 19.1 Å². The Morgan fingerprint density at radius 3 is 2.65 bits per heavy atom. The van der Waals surface area contributed by atoms with Crippen molar-refractivity contribution in [3.63, 3.8) is 0 Å². The number of ketones is 1. The van der Waals surface area contributed by atoms with E-state index < -0.39 is 0 Å². The molecule has 0 bridgehead atoms. The molecule has 3 aromatic rings. The molecule has 2 heterocycles. The van der Waals surface area contributed by atoms with Gasteiger partial charge in [0.15, 0.2) is 11.7 Å². The number of carbonyl (C=O) groups excluding carboxylic acids is 1. The number of furan rings is 1. The summed E-state index contributed by atoms with van der Waals surface area (Å²) in [5, 5.41) is 10.8. The Kier molecular flexibility index (Phi) is 3.69. The summed E-state index contributed by atoms with van der Waals surface area (Å²) in [6.07, 6.45) is 1.41. The number of aromatic hydroxyl groups is 1. The molecule has 0 radical (unpaired) electrons. The largest absolute Gasteiger partial charge is 0.507 e. The summed E-state index contributed by atoms with van der Waals surface area (Å²) in [5.74, 6) is 0.512. The predicted molar refractivity (Wildman–Crippen MR) is 83.8 cm³/mol. The molecule has 0 aliphatic rings. The average molecular weight is 315 g/mol. The van der Waals surface area contributed by atoms with Crippen LogP contribution in [0.25, 0.3) is 11.0 Å². The third-order valence-corrected chi connectivity index (χ3v) is 3.71. The van der Waals surface area contributed by atoms with E-state index in [0.717, 1.165) is 4.90 Å². The second-order valence-electron chi connectivity index (χ2n) is 5.95. The van der Waals surface area contributed by atoms with Gasteiger partial charge in [-0.2, -0.15) is 0 Å². The van der Waals surface area contributed by atoms with Crippen LogP contribution in [0.15, 0.2) is 27.2 Å². The molecule has 0 saturated heterocycles. The summed E-state index contributed by atoms with van der Waals surface area (Å²) in [6, 6.07) is 3.25. The van der Waals surface area contributed by atoms with Crippen molar-refractivity contribution in [3.8, 4) is 5.75 Å². The van der Waals surface area contributed by atoms with Gasteiger partial charge in [0, 0.05) is 12.3 Å². The zero-order valence-electron chi connectivity index (χ0n) is 13.6. The number of quaternary nitrogens is 1. The molecular formula is C17H19N2O4+. The molecule has 2 aromatic heterocycles. The molecule has 0 atom stereocenters. The molecule has 0 spiro atoms. The first-order valence-electron chi connectivity index (χ1n) is 7.38. The number of hydrogen-bond donors (Lipinski definition) is 2. The topological polar surface area (TPSA) is 80.9 Å². The number of nitrogens with one attached hydrogen (secondary N) is 1. The number of rotatable bonds is 4. The molecule has 0 fully saturated rings. The fourth-order valence-corrected chi connectivity index (χ4v) is 2.75. The van der Waals surface area contributed by atoms with Crippen molar-refractivity contribution in [2.75, 3.05) is 14.1 Å². The van der Waals surface area contributed by atoms with Crippen LogP contribution in [0.5, 0.6) is 5.75 Å². The quantitative estimate of drug-likeness (QED) is 0.715. The molecule has 1 aromatic carbocycles. The summed E-state index contributed by atoms with van der Waals surface area (Å²) < 4.78 is 10.9. The van der Waals surface area contributed by atoms with Crippen molar-refractivity contribution in [2.24, 2.45) is 0 Å². The van der Waals surface area contributed by atoms with Crippen molar-refractivity contribution < 1.29 is 23.6 Å². The van der Waals surface area contributed by atoms with Gasteiger partial charge in [0.25, 0.3) is 0 Å². The molecule has 0 aliphatic heterocycles. The fourth-order valence-electron chi connectivity index (χ4n) is 2.75. The van der Waals surface area contributed by atoms with Crippen LogP contribution in [0, 0.1) is 13.8 Å². The summed E-state index contributed by atoms with van der Waals surface area (Å²) in [7, 11) is 3.95. The van der Waals surface area contributed by atoms with E-state index in [2.05, 4.69) is 4.98 Å². The minimum absolute atomic E-state index is 0.152. The summed E-state index contributed by atoms with van der Waals surface area (Å²) in [4.78, 5) is 18.1. The van der Waals surface area contributed by atoms with Crippen LogP contribution in [0.2, 0.25) is 0 Å². The van der Waals surface area contributed by atoms with Crippen LogP contribution in [0.3, 0.4) is 0 Å². The van der Waals surface area contributed by atoms with Gasteiger partial charge in [0.2, 0.25) is 5.78 Å². The van der Waals surface area contributed by atoms with E-state index in [4.69, 9.17) is 8.83 Å². The van der Waals surface area contributed by atoms with Crippen LogP contribution in [-0.4, -0.2) is 30.0 Å². The second kappa shape index (κ2) is 5.55. The lowest BCUT2D eigenvalue weighted by atomic mass is 10.0. The standard InChI is InChI=1S/C17H18N2O4/c1-9-17(23-10(2)18-9)16(21)12-8-22-14-6-5-13(20)11(15(12)14)7-19(3)4/h5-6,8,20H,7H2,1-4H3/p+1. The van der Waals surface area contributed by atoms with Gasteiger partial charge in [0.05, 0.1) is 30.9 Å². The Labute approximate surface area is 133 Å². The molecule has 0 unspecified atom stereocenters. The first-order chi connectivity index (χ1) is 10.9. The predicted octanol–water partition coefficient (Wildman–Crippen LogP) is 1.62. The zero-order valence-corrected chi connectivity index (χ0v) is 13.6. The number of aryl methyl sites for hydroxylation is 2. The van der Waals surface area contributed by atoms with Crippen molar-refractivity contribution in [1.82, 2.24) is 4.98 Å². The van der Waals surface area contributed by atoms with E-state index >= 15 is 0 Å². The van der Waals surface area contributed by atoms with Crippen LogP contribution in [0.1, 0.15) is 33.3 Å². The van der Waals surface area contributed by atoms with Crippen LogP contribution < -0.4 is 4.90 Å². The fraction of sp³-hybridized carbons (Fsp3) is 0.294. The van der Waals surface area contributed by atoms with E-state index in [1.807, 2.05) is 14.1 Å². The SMILES string of the molecule is Cc1nc(C)c(C(=O)c2coc3ccc(O)c(C[NH+](C)C)c23)o1. The van der Waals surface area contributed by atoms with Crippen molar-refractivity contribution >= 4 is 16.8 Å². The summed E-state index contributed by atoms with van der Waals surface area (Å²) in [6.45, 7) is 4.00. The minimum Gasteiger partial charge on any atom is -0.507 e. The lowest BCUT2D eigenvalue weighted by molar-refractivity contribution is -0.872. The van der Waals surface area contributed by atoms with Crippen LogP contribution >= 0.6 is 0 Å². The number of oxazole rings is 1. The van der Waals surface area contributed by atoms with E-state index in [9.17, 15) is 9.90 Å². The molecule has 0 aliphatic carbocycles. The first kappa shape index (κ1) is 15.3. The van der Waals surface area contributed by atoms with Crippen molar-refractivity contribution in [3.05, 3.63) is 46.9 Å². The number of carbonyl (C=O) groups is 1. The number of benzene rings is 1. The molecule has 6 heteroatoms. The maximum Gasteiger partial charge on any atom is 0.234 e. The van der Waals surface area contributed by atoms with Gasteiger partial charge < -0.3 is 18.8 Å². The second-order valence-corrected chi connectivity index (χ2v) is 5.95. The monoisotopic (exact) mass is 315 g/mol. The highest BCUT2D eigenvalue weighted by molar-refractivity contribution is 6.15. The lowest BCUT2D eigenvalue weighted by Crippen LogP contribution is -3.04.